The number of rotatable bonds is 8. The molecule has 0 aromatic carbocycles. The van der Waals surface area contributed by atoms with E-state index in [1.807, 2.05) is 6.92 Å². The topological polar surface area (TPSA) is 37.3 Å². The Morgan fingerprint density at radius 1 is 1.21 bits per heavy atom. The first-order valence-electron chi connectivity index (χ1n) is 5.70. The van der Waals surface area contributed by atoms with E-state index in [2.05, 4.69) is 6.92 Å². The first-order chi connectivity index (χ1) is 6.48. The number of carbonyl (C=O) groups is 1. The van der Waals surface area contributed by atoms with Crippen molar-refractivity contribution in [3.63, 3.8) is 0 Å². The third kappa shape index (κ3) is 8.24. The van der Waals surface area contributed by atoms with Gasteiger partial charge in [0.1, 0.15) is 5.78 Å². The van der Waals surface area contributed by atoms with Crippen molar-refractivity contribution in [3.8, 4) is 0 Å². The molecule has 0 aromatic heterocycles. The van der Waals surface area contributed by atoms with Gasteiger partial charge in [-0.2, -0.15) is 0 Å². The Morgan fingerprint density at radius 2 is 1.79 bits per heavy atom. The van der Waals surface area contributed by atoms with Gasteiger partial charge in [0.25, 0.3) is 0 Å². The Morgan fingerprint density at radius 3 is 2.29 bits per heavy atom. The molecule has 0 bridgehead atoms. The van der Waals surface area contributed by atoms with Crippen molar-refractivity contribution >= 4 is 5.78 Å². The minimum Gasteiger partial charge on any atom is -0.390 e. The van der Waals surface area contributed by atoms with Crippen molar-refractivity contribution in [2.75, 3.05) is 0 Å². The molecule has 2 heteroatoms. The molecule has 0 saturated carbocycles. The normalized spacial score (nSPS) is 15.1. The highest BCUT2D eigenvalue weighted by molar-refractivity contribution is 5.75. The van der Waals surface area contributed by atoms with Gasteiger partial charge < -0.3 is 9.90 Å². The van der Waals surface area contributed by atoms with E-state index < -0.39 is 5.60 Å². The van der Waals surface area contributed by atoms with Crippen molar-refractivity contribution in [2.24, 2.45) is 0 Å². The molecule has 0 aliphatic carbocycles. The zero-order valence-electron chi connectivity index (χ0n) is 9.81. The summed E-state index contributed by atoms with van der Waals surface area (Å²) in [5.41, 5.74) is -0.521. The van der Waals surface area contributed by atoms with E-state index in [1.54, 1.807) is 6.92 Å². The van der Waals surface area contributed by atoms with Gasteiger partial charge in [-0.25, -0.2) is 0 Å². The molecule has 0 spiro atoms. The number of unbranched alkanes of at least 4 members (excludes halogenated alkanes) is 2. The maximum absolute atomic E-state index is 10.7. The fraction of sp³-hybridized carbons (Fsp3) is 0.917. The van der Waals surface area contributed by atoms with Crippen molar-refractivity contribution < 1.29 is 9.90 Å². The molecule has 0 unspecified atom stereocenters. The summed E-state index contributed by atoms with van der Waals surface area (Å²) in [5.74, 6) is 0.248. The summed E-state index contributed by atoms with van der Waals surface area (Å²) in [5, 5.41) is 9.93. The molecule has 0 amide bonds. The summed E-state index contributed by atoms with van der Waals surface area (Å²) in [6.45, 7) is 5.65. The van der Waals surface area contributed by atoms with Crippen molar-refractivity contribution in [2.45, 2.75) is 71.3 Å². The van der Waals surface area contributed by atoms with Crippen molar-refractivity contribution in [1.82, 2.24) is 0 Å². The van der Waals surface area contributed by atoms with Crippen LogP contribution in [0.3, 0.4) is 0 Å². The molecule has 0 saturated heterocycles. The summed E-state index contributed by atoms with van der Waals surface area (Å²) in [6, 6.07) is 0. The van der Waals surface area contributed by atoms with Crippen LogP contribution in [-0.4, -0.2) is 16.5 Å². The molecular weight excluding hydrogens is 176 g/mol. The highest BCUT2D eigenvalue weighted by Crippen LogP contribution is 2.20. The molecule has 0 aromatic rings. The molecule has 1 N–H and O–H groups in total. The number of hydrogen-bond acceptors (Lipinski definition) is 2. The molecule has 0 heterocycles. The van der Waals surface area contributed by atoms with Crippen LogP contribution in [0.5, 0.6) is 0 Å². The van der Waals surface area contributed by atoms with Crippen LogP contribution in [-0.2, 0) is 4.79 Å². The Bertz CT molecular complexity index is 162. The van der Waals surface area contributed by atoms with Gasteiger partial charge in [0.05, 0.1) is 5.60 Å². The Kier molecular flexibility index (Phi) is 6.81. The minimum absolute atomic E-state index is 0.248. The first-order valence-corrected chi connectivity index (χ1v) is 5.70. The van der Waals surface area contributed by atoms with Gasteiger partial charge in [0.15, 0.2) is 0 Å². The second-order valence-electron chi connectivity index (χ2n) is 4.51. The van der Waals surface area contributed by atoms with E-state index in [-0.39, 0.29) is 5.78 Å². The van der Waals surface area contributed by atoms with Crippen LogP contribution in [0.2, 0.25) is 0 Å². The van der Waals surface area contributed by atoms with Gasteiger partial charge in [0, 0.05) is 6.42 Å². The van der Waals surface area contributed by atoms with Crippen molar-refractivity contribution in [3.05, 3.63) is 0 Å². The largest absolute Gasteiger partial charge is 0.390 e. The highest BCUT2D eigenvalue weighted by Gasteiger charge is 2.18. The van der Waals surface area contributed by atoms with E-state index in [1.165, 1.54) is 0 Å². The molecule has 0 aliphatic rings. The lowest BCUT2D eigenvalue weighted by molar-refractivity contribution is -0.117. The van der Waals surface area contributed by atoms with E-state index in [0.29, 0.717) is 6.42 Å². The van der Waals surface area contributed by atoms with Crippen LogP contribution < -0.4 is 0 Å². The minimum atomic E-state index is -0.521. The summed E-state index contributed by atoms with van der Waals surface area (Å²) < 4.78 is 0. The lowest BCUT2D eigenvalue weighted by Gasteiger charge is -2.22. The van der Waals surface area contributed by atoms with E-state index in [0.717, 1.165) is 38.5 Å². The second kappa shape index (κ2) is 6.99. The van der Waals surface area contributed by atoms with Gasteiger partial charge in [-0.05, 0) is 33.1 Å². The number of hydrogen-bond donors (Lipinski definition) is 1. The smallest absolute Gasteiger partial charge is 0.129 e. The SMILES string of the molecule is CCCC[C@](C)(O)CCCCC(C)=O. The highest BCUT2D eigenvalue weighted by atomic mass is 16.3. The van der Waals surface area contributed by atoms with E-state index in [9.17, 15) is 9.90 Å². The van der Waals surface area contributed by atoms with Crippen LogP contribution in [0, 0.1) is 0 Å². The van der Waals surface area contributed by atoms with E-state index in [4.69, 9.17) is 0 Å². The number of carbonyl (C=O) groups excluding carboxylic acids is 1. The van der Waals surface area contributed by atoms with Crippen LogP contribution in [0.25, 0.3) is 0 Å². The maximum Gasteiger partial charge on any atom is 0.129 e. The molecule has 0 aliphatic heterocycles. The third-order valence-corrected chi connectivity index (χ3v) is 2.56. The summed E-state index contributed by atoms with van der Waals surface area (Å²) >= 11 is 0. The van der Waals surface area contributed by atoms with Gasteiger partial charge in [-0.3, -0.25) is 0 Å². The quantitative estimate of drug-likeness (QED) is 0.611. The molecule has 0 rings (SSSR count). The molecule has 1 atom stereocenters. The predicted octanol–water partition coefficient (Wildman–Crippen LogP) is 3.08. The number of ketones is 1. The molecule has 14 heavy (non-hydrogen) atoms. The van der Waals surface area contributed by atoms with Crippen molar-refractivity contribution in [1.29, 1.82) is 0 Å². The predicted molar refractivity (Wildman–Crippen MR) is 59.3 cm³/mol. The summed E-state index contributed by atoms with van der Waals surface area (Å²) in [4.78, 5) is 10.7. The fourth-order valence-corrected chi connectivity index (χ4v) is 1.56. The first kappa shape index (κ1) is 13.6. The zero-order chi connectivity index (χ0) is 11.0. The Hall–Kier alpha value is -0.370. The Labute approximate surface area is 87.7 Å². The summed E-state index contributed by atoms with van der Waals surface area (Å²) in [6.07, 6.45) is 6.44. The average Bonchev–Trinajstić information content (AvgIpc) is 2.09. The lowest BCUT2D eigenvalue weighted by atomic mass is 9.92. The standard InChI is InChI=1S/C12H24O2/c1-4-5-9-12(3,14)10-7-6-8-11(2)13/h14H,4-10H2,1-3H3/t12-/m0/s1. The molecule has 84 valence electrons. The number of Topliss-reactive ketones (excluding diaryl/α,β-unsaturated/α-hetero) is 1. The third-order valence-electron chi connectivity index (χ3n) is 2.56. The second-order valence-corrected chi connectivity index (χ2v) is 4.51. The Balaban J connectivity index is 3.49. The molecule has 0 fully saturated rings. The molecular formula is C12H24O2. The maximum atomic E-state index is 10.7. The van der Waals surface area contributed by atoms with Gasteiger partial charge in [-0.1, -0.05) is 26.2 Å². The van der Waals surface area contributed by atoms with Gasteiger partial charge >= 0.3 is 0 Å². The van der Waals surface area contributed by atoms with E-state index >= 15 is 0 Å². The molecule has 2 nitrogen and oxygen atoms in total. The number of aliphatic hydroxyl groups is 1. The summed E-state index contributed by atoms with van der Waals surface area (Å²) in [7, 11) is 0. The van der Waals surface area contributed by atoms with Gasteiger partial charge in [-0.15, -0.1) is 0 Å². The van der Waals surface area contributed by atoms with Crippen LogP contribution >= 0.6 is 0 Å². The van der Waals surface area contributed by atoms with Crippen LogP contribution in [0.1, 0.15) is 65.7 Å². The fourth-order valence-electron chi connectivity index (χ4n) is 1.56. The van der Waals surface area contributed by atoms with Gasteiger partial charge in [0.2, 0.25) is 0 Å². The van der Waals surface area contributed by atoms with Crippen LogP contribution in [0.15, 0.2) is 0 Å². The monoisotopic (exact) mass is 200 g/mol. The average molecular weight is 200 g/mol. The van der Waals surface area contributed by atoms with Crippen LogP contribution in [0.4, 0.5) is 0 Å². The lowest BCUT2D eigenvalue weighted by Crippen LogP contribution is -2.23. The zero-order valence-corrected chi connectivity index (χ0v) is 9.81. The molecule has 0 radical (unpaired) electrons.